The number of thiophene rings is 1. The van der Waals surface area contributed by atoms with Crippen molar-refractivity contribution in [3.8, 4) is 0 Å². The predicted octanol–water partition coefficient (Wildman–Crippen LogP) is 3.12. The van der Waals surface area contributed by atoms with Gasteiger partial charge in [-0.3, -0.25) is 0 Å². The monoisotopic (exact) mass is 288 g/mol. The molecule has 0 aliphatic heterocycles. The Balaban J connectivity index is 3.12. The van der Waals surface area contributed by atoms with Crippen LogP contribution in [-0.2, 0) is 0 Å². The van der Waals surface area contributed by atoms with Gasteiger partial charge in [0.1, 0.15) is 0 Å². The summed E-state index contributed by atoms with van der Waals surface area (Å²) in [5.74, 6) is 0. The summed E-state index contributed by atoms with van der Waals surface area (Å²) in [6.45, 7) is 0. The second kappa shape index (κ2) is 2.46. The molecule has 7 heavy (non-hydrogen) atoms. The summed E-state index contributed by atoms with van der Waals surface area (Å²) >= 11 is 7.37. The molecule has 38 valence electrons. The Morgan fingerprint density at radius 3 is 2.57 bits per heavy atom. The molecule has 0 saturated carbocycles. The van der Waals surface area contributed by atoms with Gasteiger partial charge in [-0.05, 0) is 50.0 Å². The van der Waals surface area contributed by atoms with Crippen LogP contribution in [0.4, 0.5) is 0 Å². The van der Waals surface area contributed by atoms with Crippen molar-refractivity contribution in [3.63, 3.8) is 0 Å². The molecular weight excluding hydrogens is 287 g/mol. The SMILES string of the molecule is Brc1sccc1I. The van der Waals surface area contributed by atoms with Gasteiger partial charge in [0, 0.05) is 3.57 Å². The van der Waals surface area contributed by atoms with Crippen LogP contribution in [0.1, 0.15) is 0 Å². The zero-order valence-corrected chi connectivity index (χ0v) is 7.88. The second-order valence-corrected chi connectivity index (χ2v) is 4.44. The Hall–Kier alpha value is 0.910. The van der Waals surface area contributed by atoms with E-state index in [1.165, 1.54) is 7.36 Å². The highest BCUT2D eigenvalue weighted by Crippen LogP contribution is 2.24. The van der Waals surface area contributed by atoms with Crippen molar-refractivity contribution < 1.29 is 0 Å². The van der Waals surface area contributed by atoms with Crippen LogP contribution < -0.4 is 0 Å². The van der Waals surface area contributed by atoms with Crippen molar-refractivity contribution in [1.29, 1.82) is 0 Å². The van der Waals surface area contributed by atoms with Crippen molar-refractivity contribution in [2.45, 2.75) is 0 Å². The Kier molecular flexibility index (Phi) is 2.12. The Morgan fingerprint density at radius 1 is 1.71 bits per heavy atom. The number of rotatable bonds is 0. The predicted molar refractivity (Wildman–Crippen MR) is 44.7 cm³/mol. The van der Waals surface area contributed by atoms with Crippen molar-refractivity contribution in [3.05, 3.63) is 18.8 Å². The lowest BCUT2D eigenvalue weighted by Crippen LogP contribution is -1.52. The summed E-state index contributed by atoms with van der Waals surface area (Å²) < 4.78 is 2.52. The lowest BCUT2D eigenvalue weighted by Gasteiger charge is -1.74. The van der Waals surface area contributed by atoms with Crippen LogP contribution in [0.5, 0.6) is 0 Å². The van der Waals surface area contributed by atoms with Gasteiger partial charge in [-0.15, -0.1) is 11.3 Å². The molecule has 0 bridgehead atoms. The second-order valence-electron chi connectivity index (χ2n) is 1.04. The highest BCUT2D eigenvalue weighted by molar-refractivity contribution is 14.1. The van der Waals surface area contributed by atoms with Gasteiger partial charge in [0.25, 0.3) is 0 Å². The van der Waals surface area contributed by atoms with E-state index >= 15 is 0 Å². The van der Waals surface area contributed by atoms with Crippen LogP contribution in [0.25, 0.3) is 0 Å². The minimum absolute atomic E-state index is 1.23. The van der Waals surface area contributed by atoms with E-state index in [2.05, 4.69) is 50.0 Å². The summed E-state index contributed by atoms with van der Waals surface area (Å²) in [7, 11) is 0. The lowest BCUT2D eigenvalue weighted by atomic mass is 10.7. The first-order valence-corrected chi connectivity index (χ1v) is 4.44. The lowest BCUT2D eigenvalue weighted by molar-refractivity contribution is 1.84. The van der Waals surface area contributed by atoms with E-state index in [-0.39, 0.29) is 0 Å². The van der Waals surface area contributed by atoms with Gasteiger partial charge in [0.05, 0.1) is 3.79 Å². The van der Waals surface area contributed by atoms with Gasteiger partial charge < -0.3 is 0 Å². The van der Waals surface area contributed by atoms with Gasteiger partial charge in [-0.1, -0.05) is 0 Å². The quantitative estimate of drug-likeness (QED) is 0.644. The molecule has 1 aromatic heterocycles. The number of hydrogen-bond donors (Lipinski definition) is 0. The van der Waals surface area contributed by atoms with Crippen molar-refractivity contribution in [2.24, 2.45) is 0 Å². The molecule has 0 fully saturated rings. The minimum Gasteiger partial charge on any atom is -0.136 e. The van der Waals surface area contributed by atoms with E-state index in [0.29, 0.717) is 0 Å². The molecule has 0 aliphatic rings. The van der Waals surface area contributed by atoms with E-state index in [9.17, 15) is 0 Å². The van der Waals surface area contributed by atoms with E-state index in [1.54, 1.807) is 11.3 Å². The third-order valence-electron chi connectivity index (χ3n) is 0.574. The molecule has 3 heteroatoms. The first kappa shape index (κ1) is 6.04. The molecule has 0 aromatic carbocycles. The average molecular weight is 289 g/mol. The maximum atomic E-state index is 3.38. The van der Waals surface area contributed by atoms with Crippen molar-refractivity contribution in [1.82, 2.24) is 0 Å². The van der Waals surface area contributed by atoms with Gasteiger partial charge in [0.2, 0.25) is 0 Å². The van der Waals surface area contributed by atoms with Gasteiger partial charge >= 0.3 is 0 Å². The standard InChI is InChI=1S/C4H2BrIS/c5-4-3(6)1-2-7-4/h1-2H. The molecule has 1 heterocycles. The third kappa shape index (κ3) is 1.40. The van der Waals surface area contributed by atoms with Crippen LogP contribution >= 0.6 is 49.9 Å². The molecule has 0 unspecified atom stereocenters. The smallest absolute Gasteiger partial charge is 0.0831 e. The fourth-order valence-corrected chi connectivity index (χ4v) is 2.04. The number of hydrogen-bond acceptors (Lipinski definition) is 1. The molecule has 1 aromatic rings. The fraction of sp³-hybridized carbons (Fsp3) is 0. The molecule has 0 spiro atoms. The highest BCUT2D eigenvalue weighted by Gasteiger charge is 1.91. The molecule has 0 radical (unpaired) electrons. The van der Waals surface area contributed by atoms with Gasteiger partial charge in [-0.2, -0.15) is 0 Å². The molecule has 0 aliphatic carbocycles. The van der Waals surface area contributed by atoms with Crippen LogP contribution in [0, 0.1) is 3.57 Å². The Morgan fingerprint density at radius 2 is 2.43 bits per heavy atom. The first-order valence-electron chi connectivity index (χ1n) is 1.69. The summed E-state index contributed by atoms with van der Waals surface area (Å²) in [4.78, 5) is 0. The maximum absolute atomic E-state index is 3.38. The van der Waals surface area contributed by atoms with Crippen molar-refractivity contribution >= 4 is 49.9 Å². The van der Waals surface area contributed by atoms with Crippen LogP contribution in [0.2, 0.25) is 0 Å². The van der Waals surface area contributed by atoms with E-state index in [0.717, 1.165) is 0 Å². The molecule has 0 atom stereocenters. The topological polar surface area (TPSA) is 0 Å². The fourth-order valence-electron chi connectivity index (χ4n) is 0.275. The third-order valence-corrected chi connectivity index (χ3v) is 4.27. The Labute approximate surface area is 68.2 Å². The first-order chi connectivity index (χ1) is 3.30. The van der Waals surface area contributed by atoms with E-state index in [4.69, 9.17) is 0 Å². The molecule has 0 saturated heterocycles. The summed E-state index contributed by atoms with van der Waals surface area (Å²) in [5.41, 5.74) is 0. The maximum Gasteiger partial charge on any atom is 0.0831 e. The largest absolute Gasteiger partial charge is 0.136 e. The molecule has 0 amide bonds. The average Bonchev–Trinajstić information content (AvgIpc) is 1.91. The molecule has 0 nitrogen and oxygen atoms in total. The van der Waals surface area contributed by atoms with Crippen LogP contribution in [-0.4, -0.2) is 0 Å². The molecular formula is C4H2BrIS. The number of halogens is 2. The van der Waals surface area contributed by atoms with Crippen molar-refractivity contribution in [2.75, 3.05) is 0 Å². The van der Waals surface area contributed by atoms with Gasteiger partial charge in [-0.25, -0.2) is 0 Å². The van der Waals surface area contributed by atoms with E-state index < -0.39 is 0 Å². The Bertz CT molecular complexity index is 144. The molecule has 0 N–H and O–H groups in total. The zero-order valence-electron chi connectivity index (χ0n) is 3.32. The van der Waals surface area contributed by atoms with Crippen LogP contribution in [0.15, 0.2) is 15.2 Å². The van der Waals surface area contributed by atoms with Crippen LogP contribution in [0.3, 0.4) is 0 Å². The van der Waals surface area contributed by atoms with E-state index in [1.807, 2.05) is 0 Å². The normalized spacial score (nSPS) is 9.43. The summed E-state index contributed by atoms with van der Waals surface area (Å²) in [5, 5.41) is 2.06. The van der Waals surface area contributed by atoms with Gasteiger partial charge in [0.15, 0.2) is 0 Å². The molecule has 1 rings (SSSR count). The zero-order chi connectivity index (χ0) is 5.28. The summed E-state index contributed by atoms with van der Waals surface area (Å²) in [6, 6.07) is 2.08. The highest BCUT2D eigenvalue weighted by atomic mass is 127. The summed E-state index contributed by atoms with van der Waals surface area (Å²) in [6.07, 6.45) is 0. The minimum atomic E-state index is 1.23.